The second kappa shape index (κ2) is 24.2. The van der Waals surface area contributed by atoms with Gasteiger partial charge in [0.05, 0.1) is 17.5 Å². The predicted octanol–water partition coefficient (Wildman–Crippen LogP) is 4.36. The van der Waals surface area contributed by atoms with Gasteiger partial charge >= 0.3 is 17.6 Å². The average Bonchev–Trinajstić information content (AvgIpc) is 4.17. The van der Waals surface area contributed by atoms with Crippen LogP contribution in [0.2, 0.25) is 0 Å². The van der Waals surface area contributed by atoms with Crippen molar-refractivity contribution in [2.45, 2.75) is 175 Å². The maximum absolute atomic E-state index is 14.2. The van der Waals surface area contributed by atoms with E-state index in [4.69, 9.17) is 30.1 Å². The van der Waals surface area contributed by atoms with Gasteiger partial charge in [-0.15, -0.1) is 0 Å². The number of unbranched alkanes of at least 4 members (excludes halogenated alkanes) is 2. The lowest BCUT2D eigenvalue weighted by Gasteiger charge is -2.30. The Bertz CT molecular complexity index is 2410. The molecule has 5 heterocycles. The molecule has 71 heavy (non-hydrogen) atoms. The number of carbonyl (C=O) groups excluding carboxylic acids is 6. The van der Waals surface area contributed by atoms with Crippen molar-refractivity contribution in [3.63, 3.8) is 0 Å². The molecular formula is C52H76N8O11. The maximum atomic E-state index is 14.2. The summed E-state index contributed by atoms with van der Waals surface area (Å²) < 4.78 is 25.7. The minimum absolute atomic E-state index is 0.0730. The number of nitrogens with one attached hydrogen (secondary N) is 2. The van der Waals surface area contributed by atoms with Crippen LogP contribution < -0.4 is 27.8 Å². The maximum Gasteiger partial charge on any atom is 0.353 e. The van der Waals surface area contributed by atoms with Gasteiger partial charge in [0.25, 0.3) is 0 Å². The van der Waals surface area contributed by atoms with E-state index >= 15 is 0 Å². The molecule has 3 fully saturated rings. The Balaban J connectivity index is 1.22. The van der Waals surface area contributed by atoms with Gasteiger partial charge in [0, 0.05) is 31.3 Å². The first-order valence-electron chi connectivity index (χ1n) is 25.6. The number of hydrogen-bond acceptors (Lipinski definition) is 14. The number of nitrogens with two attached hydrogens (primary N) is 2. The SMILES string of the molecule is CCCCCc1ccc(-c2cc3cn([C@H]4C[C@H](OC(=O)[C@@H](NC(=O)[C@@H]5CCCN5C(=O)[C@@H](N)C(C)C)C(C)C)[C@@H](COC(=O)[C@@H](NC(=O)[C@@H]5CCCN5C(=O)[C@@H](N)C(C)C)C(C)C)O4)c(=O)nc3o2)cc1. The fourth-order valence-corrected chi connectivity index (χ4v) is 9.36. The normalized spacial score (nSPS) is 22.0. The number of benzene rings is 1. The Labute approximate surface area is 416 Å². The first-order valence-corrected chi connectivity index (χ1v) is 25.6. The molecule has 3 aromatic rings. The molecule has 19 heteroatoms. The molecule has 6 rings (SSSR count). The van der Waals surface area contributed by atoms with E-state index in [0.717, 1.165) is 31.2 Å². The predicted molar refractivity (Wildman–Crippen MR) is 265 cm³/mol. The standard InChI is InChI=1S/C52H76N8O11/c1-10-11-12-15-32-18-20-33(21-19-32)37-24-34-26-60(52(67)57-47(34)70-37)40-25-38(71-51(66)44(31(8)9)56-46(62)36-17-14-23-59(36)49(64)42(54)29(4)5)39(69-40)27-68-50(65)43(30(6)7)55-45(61)35-16-13-22-58(35)48(63)41(53)28(2)3/h18-21,24,26,28-31,35-36,38-44H,10-17,22-23,25,27,53-54H2,1-9H3,(H,55,61)(H,56,62)/t35-,36-,38-,39+,40+,41-,42-,43-,44-/m0/s1. The number of fused-ring (bicyclic) bond motifs is 1. The van der Waals surface area contributed by atoms with Crippen molar-refractivity contribution >= 4 is 46.7 Å². The Morgan fingerprint density at radius 2 is 1.32 bits per heavy atom. The monoisotopic (exact) mass is 989 g/mol. The van der Waals surface area contributed by atoms with Crippen LogP contribution in [0.4, 0.5) is 0 Å². The first kappa shape index (κ1) is 54.7. The van der Waals surface area contributed by atoms with Crippen molar-refractivity contribution in [2.24, 2.45) is 35.1 Å². The average molecular weight is 989 g/mol. The summed E-state index contributed by atoms with van der Waals surface area (Å²) in [6.45, 7) is 16.7. The van der Waals surface area contributed by atoms with Gasteiger partial charge in [0.2, 0.25) is 29.3 Å². The van der Waals surface area contributed by atoms with E-state index in [1.807, 2.05) is 39.8 Å². The van der Waals surface area contributed by atoms with Gasteiger partial charge in [-0.25, -0.2) is 14.4 Å². The van der Waals surface area contributed by atoms with E-state index in [-0.39, 0.29) is 35.8 Å². The molecule has 3 aliphatic heterocycles. The van der Waals surface area contributed by atoms with Crippen LogP contribution in [-0.2, 0) is 49.4 Å². The molecule has 1 aromatic carbocycles. The van der Waals surface area contributed by atoms with Crippen LogP contribution in [-0.4, -0.2) is 123 Å². The van der Waals surface area contributed by atoms with E-state index < -0.39 is 103 Å². The van der Waals surface area contributed by atoms with Gasteiger partial charge in [-0.2, -0.15) is 4.98 Å². The molecule has 3 saturated heterocycles. The minimum atomic E-state index is -1.16. The third kappa shape index (κ3) is 13.1. The fraction of sp³-hybridized carbons (Fsp3) is 0.654. The number of nitrogens with zero attached hydrogens (tertiary/aromatic N) is 4. The Hall–Kier alpha value is -5.66. The number of amides is 4. The molecule has 0 spiro atoms. The third-order valence-electron chi connectivity index (χ3n) is 14.0. The highest BCUT2D eigenvalue weighted by molar-refractivity contribution is 5.94. The van der Waals surface area contributed by atoms with E-state index in [2.05, 4.69) is 34.7 Å². The van der Waals surface area contributed by atoms with E-state index in [9.17, 15) is 33.6 Å². The zero-order valence-electron chi connectivity index (χ0n) is 42.9. The summed E-state index contributed by atoms with van der Waals surface area (Å²) in [6.07, 6.45) is 4.54. The van der Waals surface area contributed by atoms with Crippen molar-refractivity contribution in [3.05, 3.63) is 52.6 Å². The van der Waals surface area contributed by atoms with Crippen LogP contribution in [0, 0.1) is 23.7 Å². The molecule has 2 aromatic heterocycles. The molecule has 9 atom stereocenters. The number of ether oxygens (including phenoxy) is 3. The van der Waals surface area contributed by atoms with Gasteiger partial charge in [-0.05, 0) is 73.8 Å². The molecule has 6 N–H and O–H groups in total. The Morgan fingerprint density at radius 3 is 1.85 bits per heavy atom. The van der Waals surface area contributed by atoms with Crippen LogP contribution in [0.1, 0.15) is 125 Å². The molecule has 0 unspecified atom stereocenters. The molecule has 4 amide bonds. The Kier molecular flexibility index (Phi) is 18.6. The molecule has 0 radical (unpaired) electrons. The fourth-order valence-electron chi connectivity index (χ4n) is 9.36. The number of aromatic nitrogens is 2. The van der Waals surface area contributed by atoms with Gasteiger partial charge in [0.1, 0.15) is 55.0 Å². The summed E-state index contributed by atoms with van der Waals surface area (Å²) in [5.74, 6) is -3.96. The summed E-state index contributed by atoms with van der Waals surface area (Å²) >= 11 is 0. The number of likely N-dealkylation sites (tertiary alicyclic amines) is 2. The molecule has 19 nitrogen and oxygen atoms in total. The summed E-state index contributed by atoms with van der Waals surface area (Å²) in [7, 11) is 0. The number of rotatable bonds is 21. The van der Waals surface area contributed by atoms with E-state index in [1.54, 1.807) is 40.0 Å². The van der Waals surface area contributed by atoms with Crippen LogP contribution >= 0.6 is 0 Å². The number of furan rings is 1. The topological polar surface area (TPSA) is 261 Å². The van der Waals surface area contributed by atoms with E-state index in [0.29, 0.717) is 49.9 Å². The van der Waals surface area contributed by atoms with Crippen molar-refractivity contribution in [1.82, 2.24) is 30.0 Å². The minimum Gasteiger partial charge on any atom is -0.461 e. The van der Waals surface area contributed by atoms with Crippen LogP contribution in [0.15, 0.2) is 45.7 Å². The highest BCUT2D eigenvalue weighted by atomic mass is 16.6. The summed E-state index contributed by atoms with van der Waals surface area (Å²) in [5, 5.41) is 6.13. The van der Waals surface area contributed by atoms with Crippen LogP contribution in [0.5, 0.6) is 0 Å². The summed E-state index contributed by atoms with van der Waals surface area (Å²) in [4.78, 5) is 103. The third-order valence-corrected chi connectivity index (χ3v) is 14.0. The smallest absolute Gasteiger partial charge is 0.353 e. The van der Waals surface area contributed by atoms with Crippen molar-refractivity contribution in [1.29, 1.82) is 0 Å². The molecule has 0 aliphatic carbocycles. The highest BCUT2D eigenvalue weighted by Gasteiger charge is 2.45. The number of aryl methyl sites for hydroxylation is 1. The van der Waals surface area contributed by atoms with E-state index in [1.165, 1.54) is 19.9 Å². The lowest BCUT2D eigenvalue weighted by Crippen LogP contribution is -2.56. The van der Waals surface area contributed by atoms with Gasteiger partial charge in [-0.1, -0.05) is 99.4 Å². The molecule has 390 valence electrons. The zero-order chi connectivity index (χ0) is 51.8. The quantitative estimate of drug-likeness (QED) is 0.0855. The molecule has 3 aliphatic rings. The zero-order valence-corrected chi connectivity index (χ0v) is 42.9. The van der Waals surface area contributed by atoms with Crippen molar-refractivity contribution in [2.75, 3.05) is 19.7 Å². The van der Waals surface area contributed by atoms with Crippen LogP contribution in [0.25, 0.3) is 22.4 Å². The number of hydrogen-bond donors (Lipinski definition) is 4. The lowest BCUT2D eigenvalue weighted by atomic mass is 10.0. The summed E-state index contributed by atoms with van der Waals surface area (Å²) in [6, 6.07) is 4.33. The Morgan fingerprint density at radius 1 is 0.775 bits per heavy atom. The lowest BCUT2D eigenvalue weighted by molar-refractivity contribution is -0.163. The first-order chi connectivity index (χ1) is 33.7. The van der Waals surface area contributed by atoms with Gasteiger partial charge in [0.15, 0.2) is 0 Å². The number of carbonyl (C=O) groups is 6. The summed E-state index contributed by atoms with van der Waals surface area (Å²) in [5.41, 5.74) is 13.8. The largest absolute Gasteiger partial charge is 0.461 e. The molecular weight excluding hydrogens is 913 g/mol. The molecule has 0 bridgehead atoms. The van der Waals surface area contributed by atoms with Crippen LogP contribution in [0.3, 0.4) is 0 Å². The number of esters is 2. The second-order valence-electron chi connectivity index (χ2n) is 20.8. The highest BCUT2D eigenvalue weighted by Crippen LogP contribution is 2.33. The second-order valence-corrected chi connectivity index (χ2v) is 20.8. The van der Waals surface area contributed by atoms with Gasteiger partial charge in [-0.3, -0.25) is 23.7 Å². The van der Waals surface area contributed by atoms with Crippen molar-refractivity contribution in [3.8, 4) is 11.3 Å². The molecule has 0 saturated carbocycles. The van der Waals surface area contributed by atoms with Gasteiger partial charge < -0.3 is 50.5 Å². The van der Waals surface area contributed by atoms with Crippen molar-refractivity contribution < 1.29 is 47.4 Å².